The van der Waals surface area contributed by atoms with Crippen LogP contribution in [0.5, 0.6) is 0 Å². The Balaban J connectivity index is 2.60. The van der Waals surface area contributed by atoms with Crippen molar-refractivity contribution in [2.24, 2.45) is 0 Å². The predicted octanol–water partition coefficient (Wildman–Crippen LogP) is 3.90. The molecule has 2 rings (SSSR count). The quantitative estimate of drug-likeness (QED) is 0.837. The zero-order valence-electron chi connectivity index (χ0n) is 9.18. The van der Waals surface area contributed by atoms with Gasteiger partial charge < -0.3 is 4.55 Å². The summed E-state index contributed by atoms with van der Waals surface area (Å²) in [5, 5.41) is 0.646. The third-order valence-electron chi connectivity index (χ3n) is 2.48. The molecular weight excluding hydrogens is 256 g/mol. The maximum atomic E-state index is 11.3. The number of hydrogen-bond donors (Lipinski definition) is 1. The van der Waals surface area contributed by atoms with Crippen LogP contribution >= 0.6 is 11.6 Å². The van der Waals surface area contributed by atoms with Gasteiger partial charge in [0.2, 0.25) is 0 Å². The van der Waals surface area contributed by atoms with Gasteiger partial charge in [0.25, 0.3) is 0 Å². The first-order valence-corrected chi connectivity index (χ1v) is 6.54. The molecular formula is C13H11ClO2S. The third kappa shape index (κ3) is 2.75. The van der Waals surface area contributed by atoms with E-state index >= 15 is 0 Å². The van der Waals surface area contributed by atoms with E-state index in [1.807, 2.05) is 31.2 Å². The Labute approximate surface area is 108 Å². The van der Waals surface area contributed by atoms with Crippen molar-refractivity contribution in [3.05, 3.63) is 53.1 Å². The van der Waals surface area contributed by atoms with Crippen LogP contribution in [0.1, 0.15) is 5.56 Å². The number of hydrogen-bond acceptors (Lipinski definition) is 1. The normalized spacial score (nSPS) is 12.4. The van der Waals surface area contributed by atoms with E-state index in [0.717, 1.165) is 16.7 Å². The first-order chi connectivity index (χ1) is 8.08. The second kappa shape index (κ2) is 5.00. The van der Waals surface area contributed by atoms with E-state index in [2.05, 4.69) is 0 Å². The van der Waals surface area contributed by atoms with Crippen LogP contribution in [0.3, 0.4) is 0 Å². The standard InChI is InChI=1S/C13H11ClO2S/c1-9-2-7-13(17(15)16)12(8-9)10-3-5-11(14)6-4-10/h2-8H,1H3,(H,15,16). The molecule has 0 aliphatic rings. The van der Waals surface area contributed by atoms with Crippen LogP contribution in [0.25, 0.3) is 11.1 Å². The lowest BCUT2D eigenvalue weighted by molar-refractivity contribution is 0.564. The lowest BCUT2D eigenvalue weighted by Crippen LogP contribution is -1.93. The average molecular weight is 267 g/mol. The fourth-order valence-corrected chi connectivity index (χ4v) is 2.33. The molecule has 0 saturated heterocycles. The molecule has 0 aliphatic carbocycles. The van der Waals surface area contributed by atoms with Gasteiger partial charge in [-0.25, -0.2) is 4.21 Å². The van der Waals surface area contributed by atoms with Crippen LogP contribution < -0.4 is 0 Å². The molecule has 1 unspecified atom stereocenters. The molecule has 1 N–H and O–H groups in total. The summed E-state index contributed by atoms with van der Waals surface area (Å²) < 4.78 is 20.5. The van der Waals surface area contributed by atoms with Crippen molar-refractivity contribution in [2.75, 3.05) is 0 Å². The van der Waals surface area contributed by atoms with Gasteiger partial charge in [0.15, 0.2) is 11.1 Å². The highest BCUT2D eigenvalue weighted by Crippen LogP contribution is 2.28. The molecule has 0 aromatic heterocycles. The third-order valence-corrected chi connectivity index (χ3v) is 3.46. The summed E-state index contributed by atoms with van der Waals surface area (Å²) in [5.74, 6) is 0. The molecule has 2 nitrogen and oxygen atoms in total. The fraction of sp³-hybridized carbons (Fsp3) is 0.0769. The van der Waals surface area contributed by atoms with E-state index in [1.165, 1.54) is 0 Å². The highest BCUT2D eigenvalue weighted by Gasteiger charge is 2.09. The van der Waals surface area contributed by atoms with Gasteiger partial charge in [-0.15, -0.1) is 0 Å². The van der Waals surface area contributed by atoms with Gasteiger partial charge in [0, 0.05) is 10.6 Å². The van der Waals surface area contributed by atoms with E-state index in [4.69, 9.17) is 11.6 Å². The summed E-state index contributed by atoms with van der Waals surface area (Å²) in [6.45, 7) is 1.95. The highest BCUT2D eigenvalue weighted by molar-refractivity contribution is 7.79. The van der Waals surface area contributed by atoms with Crippen molar-refractivity contribution in [3.63, 3.8) is 0 Å². The summed E-state index contributed by atoms with van der Waals surface area (Å²) in [7, 11) is 0. The maximum Gasteiger partial charge on any atom is 0.187 e. The Hall–Kier alpha value is -1.16. The van der Waals surface area contributed by atoms with Gasteiger partial charge in [-0.05, 0) is 30.7 Å². The topological polar surface area (TPSA) is 37.3 Å². The Morgan fingerprint density at radius 3 is 2.35 bits per heavy atom. The molecule has 4 heteroatoms. The molecule has 0 spiro atoms. The molecule has 0 heterocycles. The SMILES string of the molecule is Cc1ccc(S(=O)O)c(-c2ccc(Cl)cc2)c1. The van der Waals surface area contributed by atoms with Crippen LogP contribution in [-0.2, 0) is 11.1 Å². The molecule has 2 aromatic rings. The van der Waals surface area contributed by atoms with E-state index < -0.39 is 11.1 Å². The molecule has 88 valence electrons. The minimum atomic E-state index is -1.99. The van der Waals surface area contributed by atoms with Crippen LogP contribution in [-0.4, -0.2) is 8.76 Å². The molecule has 0 radical (unpaired) electrons. The van der Waals surface area contributed by atoms with Gasteiger partial charge >= 0.3 is 0 Å². The van der Waals surface area contributed by atoms with Crippen molar-refractivity contribution in [1.29, 1.82) is 0 Å². The van der Waals surface area contributed by atoms with Gasteiger partial charge in [-0.3, -0.25) is 0 Å². The second-order valence-corrected chi connectivity index (χ2v) is 5.13. The van der Waals surface area contributed by atoms with Crippen LogP contribution in [0, 0.1) is 6.92 Å². The van der Waals surface area contributed by atoms with Crippen LogP contribution in [0.4, 0.5) is 0 Å². The first kappa shape index (κ1) is 12.3. The lowest BCUT2D eigenvalue weighted by atomic mass is 10.0. The number of halogens is 1. The zero-order valence-corrected chi connectivity index (χ0v) is 10.8. The summed E-state index contributed by atoms with van der Waals surface area (Å²) in [6.07, 6.45) is 0. The smallest absolute Gasteiger partial charge is 0.187 e. The molecule has 2 aromatic carbocycles. The molecule has 0 saturated carbocycles. The predicted molar refractivity (Wildman–Crippen MR) is 70.7 cm³/mol. The van der Waals surface area contributed by atoms with Gasteiger partial charge in [0.05, 0.1) is 4.90 Å². The Morgan fingerprint density at radius 1 is 1.12 bits per heavy atom. The Kier molecular flexibility index (Phi) is 3.62. The summed E-state index contributed by atoms with van der Waals surface area (Å²) in [6, 6.07) is 12.6. The number of benzene rings is 2. The molecule has 0 amide bonds. The van der Waals surface area contributed by atoms with Gasteiger partial charge in [-0.1, -0.05) is 41.4 Å². The number of rotatable bonds is 2. The van der Waals surface area contributed by atoms with Crippen molar-refractivity contribution in [1.82, 2.24) is 0 Å². The minimum Gasteiger partial charge on any atom is -0.302 e. The molecule has 0 fully saturated rings. The molecule has 1 atom stereocenters. The van der Waals surface area contributed by atoms with E-state index in [9.17, 15) is 8.76 Å². The van der Waals surface area contributed by atoms with E-state index in [-0.39, 0.29) is 0 Å². The summed E-state index contributed by atoms with van der Waals surface area (Å²) in [5.41, 5.74) is 2.70. The fourth-order valence-electron chi connectivity index (χ4n) is 1.65. The van der Waals surface area contributed by atoms with E-state index in [0.29, 0.717) is 9.92 Å². The van der Waals surface area contributed by atoms with Crippen molar-refractivity contribution in [2.45, 2.75) is 11.8 Å². The van der Waals surface area contributed by atoms with E-state index in [1.54, 1.807) is 18.2 Å². The average Bonchev–Trinajstić information content (AvgIpc) is 2.29. The van der Waals surface area contributed by atoms with Crippen LogP contribution in [0.15, 0.2) is 47.4 Å². The Morgan fingerprint density at radius 2 is 1.76 bits per heavy atom. The summed E-state index contributed by atoms with van der Waals surface area (Å²) >= 11 is 3.84. The second-order valence-electron chi connectivity index (χ2n) is 3.76. The van der Waals surface area contributed by atoms with Crippen LogP contribution in [0.2, 0.25) is 5.02 Å². The van der Waals surface area contributed by atoms with Gasteiger partial charge in [0.1, 0.15) is 0 Å². The summed E-state index contributed by atoms with van der Waals surface area (Å²) in [4.78, 5) is 0.415. The minimum absolute atomic E-state index is 0.415. The van der Waals surface area contributed by atoms with Crippen molar-refractivity contribution >= 4 is 22.7 Å². The lowest BCUT2D eigenvalue weighted by Gasteiger charge is -2.08. The molecule has 0 bridgehead atoms. The first-order valence-electron chi connectivity index (χ1n) is 5.05. The number of aryl methyl sites for hydroxylation is 1. The monoisotopic (exact) mass is 266 g/mol. The van der Waals surface area contributed by atoms with Crippen molar-refractivity contribution < 1.29 is 8.76 Å². The van der Waals surface area contributed by atoms with Gasteiger partial charge in [-0.2, -0.15) is 0 Å². The zero-order chi connectivity index (χ0) is 12.4. The highest BCUT2D eigenvalue weighted by atomic mass is 35.5. The Bertz CT molecular complexity index is 564. The largest absolute Gasteiger partial charge is 0.302 e. The molecule has 17 heavy (non-hydrogen) atoms. The maximum absolute atomic E-state index is 11.3. The van der Waals surface area contributed by atoms with Crippen molar-refractivity contribution in [3.8, 4) is 11.1 Å². The molecule has 0 aliphatic heterocycles.